The van der Waals surface area contributed by atoms with Crippen molar-refractivity contribution < 1.29 is 13.9 Å². The van der Waals surface area contributed by atoms with Gasteiger partial charge < -0.3 is 10.1 Å². The quantitative estimate of drug-likeness (QED) is 0.627. The van der Waals surface area contributed by atoms with Crippen molar-refractivity contribution in [1.82, 2.24) is 5.32 Å². The molecule has 0 saturated heterocycles. The highest BCUT2D eigenvalue weighted by molar-refractivity contribution is 9.10. The third-order valence-corrected chi connectivity index (χ3v) is 7.79. The molecule has 3 atom stereocenters. The molecule has 3 aliphatic carbocycles. The molecule has 1 aromatic carbocycles. The maximum Gasteiger partial charge on any atom is 0.256 e. The van der Waals surface area contributed by atoms with Crippen LogP contribution in [0.1, 0.15) is 44.1 Å². The van der Waals surface area contributed by atoms with Crippen molar-refractivity contribution in [2.75, 3.05) is 5.75 Å². The Hall–Kier alpha value is -1.44. The Balaban J connectivity index is 1.48. The zero-order valence-electron chi connectivity index (χ0n) is 16.6. The van der Waals surface area contributed by atoms with Gasteiger partial charge in [0.2, 0.25) is 0 Å². The average molecular weight is 491 g/mol. The highest BCUT2D eigenvalue weighted by atomic mass is 79.9. The van der Waals surface area contributed by atoms with E-state index in [1.165, 1.54) is 6.07 Å². The molecule has 1 aromatic rings. The normalized spacial score (nSPS) is 30.5. The summed E-state index contributed by atoms with van der Waals surface area (Å²) in [5, 5.41) is 3.55. The Bertz CT molecular complexity index is 959. The number of hydrogen-bond donors (Lipinski definition) is 1. The highest BCUT2D eigenvalue weighted by Gasteiger charge is 2.53. The van der Waals surface area contributed by atoms with Crippen LogP contribution in [0.25, 0.3) is 0 Å². The fraction of sp³-hybridized carbons (Fsp3) is 0.478. The molecule has 30 heavy (non-hydrogen) atoms. The lowest BCUT2D eigenvalue weighted by molar-refractivity contribution is -0.115. The summed E-state index contributed by atoms with van der Waals surface area (Å²) in [6.45, 7) is 0. The molecule has 4 aliphatic rings. The molecule has 1 aliphatic heterocycles. The summed E-state index contributed by atoms with van der Waals surface area (Å²) in [6, 6.07) is 5.05. The van der Waals surface area contributed by atoms with Crippen molar-refractivity contribution in [3.05, 3.63) is 57.9 Å². The van der Waals surface area contributed by atoms with E-state index < -0.39 is 5.54 Å². The van der Waals surface area contributed by atoms with E-state index in [1.54, 1.807) is 17.8 Å². The van der Waals surface area contributed by atoms with E-state index in [0.717, 1.165) is 42.3 Å². The van der Waals surface area contributed by atoms with Crippen molar-refractivity contribution in [1.29, 1.82) is 0 Å². The average Bonchev–Trinajstić information content (AvgIpc) is 3.48. The van der Waals surface area contributed by atoms with Gasteiger partial charge in [0.05, 0.1) is 17.7 Å². The van der Waals surface area contributed by atoms with E-state index in [4.69, 9.17) is 9.73 Å². The molecule has 5 rings (SSSR count). The number of benzene rings is 1. The van der Waals surface area contributed by atoms with Crippen molar-refractivity contribution >= 4 is 38.8 Å². The number of rotatable bonds is 4. The van der Waals surface area contributed by atoms with Gasteiger partial charge in [-0.1, -0.05) is 45.9 Å². The second-order valence-corrected chi connectivity index (χ2v) is 10.4. The number of amides is 1. The third kappa shape index (κ3) is 4.04. The van der Waals surface area contributed by atoms with E-state index in [9.17, 15) is 4.79 Å². The number of carbonyl (C=O) groups is 1. The fourth-order valence-corrected chi connectivity index (χ4v) is 6.18. The second-order valence-electron chi connectivity index (χ2n) is 8.46. The predicted octanol–water partition coefficient (Wildman–Crippen LogP) is 5.24. The first-order valence-corrected chi connectivity index (χ1v) is 12.3. The van der Waals surface area contributed by atoms with Crippen molar-refractivity contribution in [2.24, 2.45) is 10.9 Å². The summed E-state index contributed by atoms with van der Waals surface area (Å²) >= 11 is 5.04. The van der Waals surface area contributed by atoms with Crippen molar-refractivity contribution in [3.8, 4) is 0 Å². The Kier molecular flexibility index (Phi) is 5.62. The number of thioether (sulfide) groups is 1. The van der Waals surface area contributed by atoms with Crippen LogP contribution in [0.4, 0.5) is 4.39 Å². The first kappa shape index (κ1) is 20.5. The van der Waals surface area contributed by atoms with Gasteiger partial charge in [-0.2, -0.15) is 0 Å². The molecule has 1 heterocycles. The molecule has 1 N–H and O–H groups in total. The summed E-state index contributed by atoms with van der Waals surface area (Å²) in [4.78, 5) is 17.7. The lowest BCUT2D eigenvalue weighted by atomic mass is 9.81. The van der Waals surface area contributed by atoms with E-state index in [1.807, 2.05) is 24.3 Å². The van der Waals surface area contributed by atoms with Crippen LogP contribution < -0.4 is 5.32 Å². The molecular weight excluding hydrogens is 467 g/mol. The van der Waals surface area contributed by atoms with Gasteiger partial charge in [0.15, 0.2) is 5.17 Å². The number of carbonyl (C=O) groups excluding carboxylic acids is 1. The molecule has 1 amide bonds. The molecule has 0 bridgehead atoms. The molecule has 4 nitrogen and oxygen atoms in total. The van der Waals surface area contributed by atoms with Crippen LogP contribution in [0, 0.1) is 11.7 Å². The first-order valence-electron chi connectivity index (χ1n) is 10.6. The number of halogens is 2. The lowest BCUT2D eigenvalue weighted by Crippen LogP contribution is -2.41. The Morgan fingerprint density at radius 3 is 2.93 bits per heavy atom. The number of ether oxygens (including phenoxy) is 1. The zero-order valence-corrected chi connectivity index (χ0v) is 19.0. The number of hydrogen-bond acceptors (Lipinski definition) is 4. The maximum absolute atomic E-state index is 15.0. The van der Waals surface area contributed by atoms with Gasteiger partial charge in [-0.15, -0.1) is 0 Å². The van der Waals surface area contributed by atoms with Crippen LogP contribution in [-0.2, 0) is 15.1 Å². The predicted molar refractivity (Wildman–Crippen MR) is 121 cm³/mol. The van der Waals surface area contributed by atoms with Crippen LogP contribution in [0.15, 0.2) is 51.5 Å². The number of nitrogens with zero attached hydrogens (tertiary/aromatic N) is 1. The number of amidine groups is 1. The van der Waals surface area contributed by atoms with Gasteiger partial charge in [-0.25, -0.2) is 4.39 Å². The summed E-state index contributed by atoms with van der Waals surface area (Å²) in [7, 11) is 0. The number of nitrogens with one attached hydrogen (secondary N) is 1. The molecule has 158 valence electrons. The first-order chi connectivity index (χ1) is 14.5. The van der Waals surface area contributed by atoms with Gasteiger partial charge >= 0.3 is 0 Å². The van der Waals surface area contributed by atoms with Crippen LogP contribution in [0.5, 0.6) is 0 Å². The summed E-state index contributed by atoms with van der Waals surface area (Å²) < 4.78 is 22.1. The standard InChI is InChI=1S/C23H24BrFN2O2S/c24-16-6-9-20(25)19(11-16)23-12-18(29-17-7-8-17)10-15(23)13-30-22(27-23)26-21(28)14-4-2-1-3-5-14/h2,4-6,9,11,15,17-18H,1,3,7-8,10,12-13H2,(H,26,27,28)/t15-,18?,23-/m0/s1. The van der Waals surface area contributed by atoms with Gasteiger partial charge in [0, 0.05) is 33.7 Å². The van der Waals surface area contributed by atoms with E-state index in [0.29, 0.717) is 28.8 Å². The van der Waals surface area contributed by atoms with Gasteiger partial charge in [0.1, 0.15) is 5.82 Å². The topological polar surface area (TPSA) is 50.7 Å². The zero-order chi connectivity index (χ0) is 20.7. The van der Waals surface area contributed by atoms with E-state index in [-0.39, 0.29) is 23.7 Å². The van der Waals surface area contributed by atoms with Crippen LogP contribution in [0.3, 0.4) is 0 Å². The number of allylic oxidation sites excluding steroid dienone is 2. The maximum atomic E-state index is 15.0. The van der Waals surface area contributed by atoms with Crippen molar-refractivity contribution in [2.45, 2.75) is 56.3 Å². The fourth-order valence-electron chi connectivity index (χ4n) is 4.66. The third-order valence-electron chi connectivity index (χ3n) is 6.27. The minimum absolute atomic E-state index is 0.0734. The van der Waals surface area contributed by atoms with Gasteiger partial charge in [0.25, 0.3) is 5.91 Å². The van der Waals surface area contributed by atoms with E-state index in [2.05, 4.69) is 21.2 Å². The van der Waals surface area contributed by atoms with Gasteiger partial charge in [-0.05, 0) is 50.3 Å². The highest BCUT2D eigenvalue weighted by Crippen LogP contribution is 2.53. The minimum atomic E-state index is -0.710. The second kappa shape index (κ2) is 8.24. The lowest BCUT2D eigenvalue weighted by Gasteiger charge is -2.36. The largest absolute Gasteiger partial charge is 0.375 e. The number of aliphatic imine (C=N–C) groups is 1. The summed E-state index contributed by atoms with van der Waals surface area (Å²) in [5.41, 5.74) is 0.543. The van der Waals surface area contributed by atoms with Crippen LogP contribution >= 0.6 is 27.7 Å². The molecule has 0 aromatic heterocycles. The van der Waals surface area contributed by atoms with E-state index >= 15 is 4.39 Å². The molecular formula is C23H24BrFN2O2S. The van der Waals surface area contributed by atoms with Crippen molar-refractivity contribution in [3.63, 3.8) is 0 Å². The number of fused-ring (bicyclic) bond motifs is 1. The molecule has 7 heteroatoms. The van der Waals surface area contributed by atoms with Crippen LogP contribution in [0.2, 0.25) is 0 Å². The molecule has 0 radical (unpaired) electrons. The minimum Gasteiger partial charge on any atom is -0.375 e. The molecule has 0 spiro atoms. The smallest absolute Gasteiger partial charge is 0.256 e. The monoisotopic (exact) mass is 490 g/mol. The summed E-state index contributed by atoms with van der Waals surface area (Å²) in [6.07, 6.45) is 11.8. The Morgan fingerprint density at radius 2 is 2.17 bits per heavy atom. The molecule has 2 fully saturated rings. The molecule has 1 unspecified atom stereocenters. The molecule has 2 saturated carbocycles. The summed E-state index contributed by atoms with van der Waals surface area (Å²) in [5.74, 6) is 0.549. The Labute approximate surface area is 188 Å². The Morgan fingerprint density at radius 1 is 1.30 bits per heavy atom. The SMILES string of the molecule is O=C(NC1=N[C@@]2(c3cc(Br)ccc3F)CC(OC3CC3)C[C@H]2CS1)C1=CCCC=C1. The van der Waals surface area contributed by atoms with Crippen LogP contribution in [-0.4, -0.2) is 29.0 Å². The van der Waals surface area contributed by atoms with Gasteiger partial charge in [-0.3, -0.25) is 9.79 Å².